The van der Waals surface area contributed by atoms with E-state index in [1.165, 1.54) is 0 Å². The van der Waals surface area contributed by atoms with Crippen molar-refractivity contribution in [2.45, 2.75) is 32.8 Å². The van der Waals surface area contributed by atoms with E-state index in [-0.39, 0.29) is 0 Å². The molecule has 0 aromatic heterocycles. The van der Waals surface area contributed by atoms with Gasteiger partial charge in [-0.2, -0.15) is 0 Å². The summed E-state index contributed by atoms with van der Waals surface area (Å²) in [6.07, 6.45) is 2.29. The number of rotatable bonds is 5. The lowest BCUT2D eigenvalue weighted by Crippen LogP contribution is -1.97. The number of aliphatic hydroxyl groups excluding tert-OH is 1. The molecular weight excluding hydrogens is 203 g/mol. The van der Waals surface area contributed by atoms with E-state index in [1.54, 1.807) is 19.9 Å². The van der Waals surface area contributed by atoms with E-state index in [9.17, 15) is 9.67 Å². The molecule has 0 saturated carbocycles. The molecule has 0 heterocycles. The fraction of sp³-hybridized carbons (Fsp3) is 0.778. The summed E-state index contributed by atoms with van der Waals surface area (Å²) in [5.41, 5.74) is 0. The molecule has 5 heteroatoms. The van der Waals surface area contributed by atoms with Crippen LogP contribution in [0.15, 0.2) is 11.4 Å². The molecule has 0 aromatic carbocycles. The Hall–Kier alpha value is -0.150. The van der Waals surface area contributed by atoms with E-state index in [2.05, 4.69) is 0 Å². The van der Waals surface area contributed by atoms with Crippen molar-refractivity contribution in [1.82, 2.24) is 0 Å². The number of hydrogen-bond donors (Lipinski definition) is 1. The third kappa shape index (κ3) is 2.67. The van der Waals surface area contributed by atoms with Crippen LogP contribution in [0.25, 0.3) is 0 Å². The predicted molar refractivity (Wildman–Crippen MR) is 54.2 cm³/mol. The highest BCUT2D eigenvalue weighted by molar-refractivity contribution is 7.58. The zero-order valence-electron chi connectivity index (χ0n) is 8.60. The summed E-state index contributed by atoms with van der Waals surface area (Å²) in [4.78, 5) is 0. The Balaban J connectivity index is 2.77. The van der Waals surface area contributed by atoms with Crippen molar-refractivity contribution in [3.05, 3.63) is 11.4 Å². The highest BCUT2D eigenvalue weighted by Crippen LogP contribution is 2.59. The molecule has 0 spiro atoms. The van der Waals surface area contributed by atoms with Gasteiger partial charge in [-0.3, -0.25) is 4.57 Å². The molecule has 0 radical (unpaired) electrons. The highest BCUT2D eigenvalue weighted by Gasteiger charge is 2.32. The van der Waals surface area contributed by atoms with Gasteiger partial charge >= 0.3 is 7.60 Å². The number of allylic oxidation sites excluding steroid dienone is 1. The van der Waals surface area contributed by atoms with Crippen LogP contribution >= 0.6 is 7.60 Å². The summed E-state index contributed by atoms with van der Waals surface area (Å²) in [6.45, 7) is 4.25. The normalized spacial score (nSPS) is 22.5. The van der Waals surface area contributed by atoms with Gasteiger partial charge < -0.3 is 14.2 Å². The molecule has 1 rings (SSSR count). The molecule has 1 aliphatic carbocycles. The molecule has 14 heavy (non-hydrogen) atoms. The molecule has 1 aliphatic rings. The zero-order valence-corrected chi connectivity index (χ0v) is 9.50. The predicted octanol–water partition coefficient (Wildman–Crippen LogP) is 2.29. The van der Waals surface area contributed by atoms with Crippen LogP contribution in [-0.2, 0) is 13.6 Å². The molecular formula is C9H17O4P. The first kappa shape index (κ1) is 11.9. The quantitative estimate of drug-likeness (QED) is 0.722. The Labute approximate surface area is 84.4 Å². The van der Waals surface area contributed by atoms with Gasteiger partial charge in [-0.25, -0.2) is 0 Å². The van der Waals surface area contributed by atoms with Crippen LogP contribution in [0.3, 0.4) is 0 Å². The minimum absolute atomic E-state index is 0.352. The first-order valence-electron chi connectivity index (χ1n) is 4.90. The van der Waals surface area contributed by atoms with Crippen LogP contribution in [0.1, 0.15) is 26.7 Å². The van der Waals surface area contributed by atoms with Gasteiger partial charge in [0.15, 0.2) is 0 Å². The summed E-state index contributed by atoms with van der Waals surface area (Å²) in [5.74, 6) is 0. The van der Waals surface area contributed by atoms with E-state index in [1.807, 2.05) is 0 Å². The van der Waals surface area contributed by atoms with Crippen LogP contribution in [0.5, 0.6) is 0 Å². The molecule has 1 N–H and O–H groups in total. The molecule has 0 unspecified atom stereocenters. The van der Waals surface area contributed by atoms with Gasteiger partial charge in [0.25, 0.3) is 0 Å². The SMILES string of the molecule is CCOP(=O)(OCC)C1=C[C@@H](O)CC1. The van der Waals surface area contributed by atoms with Crippen LogP contribution in [0.4, 0.5) is 0 Å². The standard InChI is InChI=1S/C9H17O4P/c1-3-12-14(11,13-4-2)9-6-5-8(10)7-9/h7-8,10H,3-6H2,1-2H3/t8-/m0/s1. The lowest BCUT2D eigenvalue weighted by Gasteiger charge is -2.17. The molecule has 4 nitrogen and oxygen atoms in total. The smallest absolute Gasteiger partial charge is 0.357 e. The second-order valence-corrected chi connectivity index (χ2v) is 5.18. The lowest BCUT2D eigenvalue weighted by atomic mass is 10.3. The van der Waals surface area contributed by atoms with Crippen molar-refractivity contribution >= 4 is 7.60 Å². The van der Waals surface area contributed by atoms with Gasteiger partial charge in [-0.05, 0) is 32.8 Å². The van der Waals surface area contributed by atoms with E-state index in [0.29, 0.717) is 31.4 Å². The Morgan fingerprint density at radius 2 is 2.07 bits per heavy atom. The van der Waals surface area contributed by atoms with Gasteiger partial charge in [0.2, 0.25) is 0 Å². The third-order valence-electron chi connectivity index (χ3n) is 2.03. The number of aliphatic hydroxyl groups is 1. The molecule has 0 saturated heterocycles. The van der Waals surface area contributed by atoms with Crippen molar-refractivity contribution in [3.8, 4) is 0 Å². The van der Waals surface area contributed by atoms with E-state index in [4.69, 9.17) is 9.05 Å². The fourth-order valence-electron chi connectivity index (χ4n) is 1.46. The molecule has 0 aromatic rings. The van der Waals surface area contributed by atoms with Crippen molar-refractivity contribution in [2.75, 3.05) is 13.2 Å². The summed E-state index contributed by atoms with van der Waals surface area (Å²) in [5, 5.41) is 9.91. The molecule has 0 aliphatic heterocycles. The Morgan fingerprint density at radius 3 is 2.43 bits per heavy atom. The van der Waals surface area contributed by atoms with Crippen molar-refractivity contribution in [3.63, 3.8) is 0 Å². The van der Waals surface area contributed by atoms with Crippen LogP contribution in [-0.4, -0.2) is 24.4 Å². The maximum Gasteiger partial charge on any atom is 0.357 e. The Bertz CT molecular complexity index is 252. The van der Waals surface area contributed by atoms with E-state index in [0.717, 1.165) is 0 Å². The molecule has 0 bridgehead atoms. The van der Waals surface area contributed by atoms with Crippen LogP contribution < -0.4 is 0 Å². The maximum absolute atomic E-state index is 12.1. The van der Waals surface area contributed by atoms with Gasteiger partial charge in [-0.1, -0.05) is 0 Å². The molecule has 1 atom stereocenters. The summed E-state index contributed by atoms with van der Waals surface area (Å²) in [7, 11) is -3.10. The summed E-state index contributed by atoms with van der Waals surface area (Å²) >= 11 is 0. The summed E-state index contributed by atoms with van der Waals surface area (Å²) in [6, 6.07) is 0. The Morgan fingerprint density at radius 1 is 1.50 bits per heavy atom. The molecule has 0 amide bonds. The van der Waals surface area contributed by atoms with Gasteiger partial charge in [0, 0.05) is 5.31 Å². The third-order valence-corrected chi connectivity index (χ3v) is 4.30. The minimum Gasteiger partial charge on any atom is -0.389 e. The van der Waals surface area contributed by atoms with Crippen molar-refractivity contribution < 1.29 is 18.7 Å². The lowest BCUT2D eigenvalue weighted by molar-refractivity contribution is 0.223. The maximum atomic E-state index is 12.1. The number of hydrogen-bond acceptors (Lipinski definition) is 4. The molecule has 0 fully saturated rings. The van der Waals surface area contributed by atoms with E-state index < -0.39 is 13.7 Å². The van der Waals surface area contributed by atoms with Gasteiger partial charge in [0.1, 0.15) is 0 Å². The van der Waals surface area contributed by atoms with Crippen molar-refractivity contribution in [2.24, 2.45) is 0 Å². The van der Waals surface area contributed by atoms with Crippen LogP contribution in [0, 0.1) is 0 Å². The first-order valence-corrected chi connectivity index (χ1v) is 6.45. The average Bonchev–Trinajstić information content (AvgIpc) is 2.53. The second kappa shape index (κ2) is 5.08. The Kier molecular flexibility index (Phi) is 4.32. The summed E-state index contributed by atoms with van der Waals surface area (Å²) < 4.78 is 22.4. The van der Waals surface area contributed by atoms with Gasteiger partial charge in [-0.15, -0.1) is 0 Å². The van der Waals surface area contributed by atoms with Gasteiger partial charge in [0.05, 0.1) is 19.3 Å². The van der Waals surface area contributed by atoms with Crippen LogP contribution in [0.2, 0.25) is 0 Å². The highest BCUT2D eigenvalue weighted by atomic mass is 31.2. The second-order valence-electron chi connectivity index (χ2n) is 3.10. The minimum atomic E-state index is -3.10. The first-order chi connectivity index (χ1) is 6.62. The average molecular weight is 220 g/mol. The molecule has 82 valence electrons. The van der Waals surface area contributed by atoms with E-state index >= 15 is 0 Å². The van der Waals surface area contributed by atoms with Crippen molar-refractivity contribution in [1.29, 1.82) is 0 Å². The zero-order chi connectivity index (χ0) is 10.6. The largest absolute Gasteiger partial charge is 0.389 e. The topological polar surface area (TPSA) is 55.8 Å². The fourth-order valence-corrected chi connectivity index (χ4v) is 3.30. The monoisotopic (exact) mass is 220 g/mol.